The van der Waals surface area contributed by atoms with E-state index in [0.29, 0.717) is 12.1 Å². The zero-order valence-corrected chi connectivity index (χ0v) is 26.3. The zero-order chi connectivity index (χ0) is 31.7. The van der Waals surface area contributed by atoms with Crippen molar-refractivity contribution in [1.29, 1.82) is 0 Å². The number of H-pyrrole nitrogens is 2. The summed E-state index contributed by atoms with van der Waals surface area (Å²) in [4.78, 5) is 22.5. The molecule has 45 heavy (non-hydrogen) atoms. The van der Waals surface area contributed by atoms with E-state index in [1.807, 2.05) is 77.3 Å². The van der Waals surface area contributed by atoms with Crippen LogP contribution < -0.4 is 10.6 Å². The minimum absolute atomic E-state index is 0.0396. The number of amides is 1. The molecule has 0 saturated heterocycles. The summed E-state index contributed by atoms with van der Waals surface area (Å²) >= 11 is 0. The van der Waals surface area contributed by atoms with E-state index in [4.69, 9.17) is 0 Å². The van der Waals surface area contributed by atoms with Gasteiger partial charge in [-0.25, -0.2) is 4.39 Å². The maximum atomic E-state index is 14.7. The molecule has 8 nitrogen and oxygen atoms in total. The summed E-state index contributed by atoms with van der Waals surface area (Å²) in [6, 6.07) is 21.2. The van der Waals surface area contributed by atoms with Crippen LogP contribution in [0.15, 0.2) is 79.1 Å². The van der Waals surface area contributed by atoms with Crippen molar-refractivity contribution in [1.82, 2.24) is 25.1 Å². The number of carbonyl (C=O) groups is 1. The third kappa shape index (κ3) is 6.89. The van der Waals surface area contributed by atoms with Crippen molar-refractivity contribution in [2.75, 3.05) is 37.8 Å². The van der Waals surface area contributed by atoms with Gasteiger partial charge in [-0.1, -0.05) is 39.0 Å². The van der Waals surface area contributed by atoms with E-state index in [0.717, 1.165) is 74.2 Å². The Morgan fingerprint density at radius 2 is 1.71 bits per heavy atom. The van der Waals surface area contributed by atoms with E-state index in [1.54, 1.807) is 18.5 Å². The van der Waals surface area contributed by atoms with Crippen molar-refractivity contribution >= 4 is 39.1 Å². The fraction of sp³-hybridized carbons (Fsp3) is 0.250. The van der Waals surface area contributed by atoms with Crippen LogP contribution in [0.25, 0.3) is 55.4 Å². The quantitative estimate of drug-likeness (QED) is 0.134. The molecule has 0 saturated carbocycles. The molecule has 1 amide bonds. The molecule has 3 heterocycles. The van der Waals surface area contributed by atoms with Crippen LogP contribution >= 0.6 is 0 Å². The van der Waals surface area contributed by atoms with Crippen molar-refractivity contribution in [3.63, 3.8) is 0 Å². The van der Waals surface area contributed by atoms with E-state index in [1.165, 1.54) is 6.07 Å². The fourth-order valence-electron chi connectivity index (χ4n) is 5.56. The van der Waals surface area contributed by atoms with Gasteiger partial charge in [0.15, 0.2) is 0 Å². The highest BCUT2D eigenvalue weighted by Gasteiger charge is 2.17. The molecule has 0 aliphatic carbocycles. The smallest absolute Gasteiger partial charge is 0.224 e. The number of nitrogens with one attached hydrogen (secondary N) is 4. The molecule has 0 aliphatic rings. The lowest BCUT2D eigenvalue weighted by atomic mass is 9.92. The minimum Gasteiger partial charge on any atom is -0.384 e. The van der Waals surface area contributed by atoms with Gasteiger partial charge in [-0.15, -0.1) is 0 Å². The van der Waals surface area contributed by atoms with E-state index < -0.39 is 0 Å². The average Bonchev–Trinajstić information content (AvgIpc) is 3.59. The number of aromatic amines is 2. The lowest BCUT2D eigenvalue weighted by molar-refractivity contribution is -0.117. The molecular weight excluding hydrogens is 565 g/mol. The Kier molecular flexibility index (Phi) is 8.12. The predicted octanol–water partition coefficient (Wildman–Crippen LogP) is 7.93. The Labute approximate surface area is 262 Å². The summed E-state index contributed by atoms with van der Waals surface area (Å²) in [7, 11) is 4.02. The van der Waals surface area contributed by atoms with Crippen molar-refractivity contribution in [3.8, 4) is 33.6 Å². The first-order valence-electron chi connectivity index (χ1n) is 15.1. The topological polar surface area (TPSA) is 102 Å². The standard InChI is InChI=1S/C36H38FN7O/c1-36(2,3)19-34(45)40-27-15-24(20-38-21-27)22-9-10-32-30(16-22)35(43-42-32)33-18-29-28(7-6-8-31(29)41-33)23-13-25(37)17-26(14-23)39-11-12-44(4)5/h6-10,13-18,20-21,39,41H,11-12,19H2,1-5H3,(H,40,45)(H,42,43). The van der Waals surface area contributed by atoms with E-state index >= 15 is 0 Å². The monoisotopic (exact) mass is 603 g/mol. The van der Waals surface area contributed by atoms with Crippen molar-refractivity contribution in [2.24, 2.45) is 5.41 Å². The SMILES string of the molecule is CN(C)CCNc1cc(F)cc(-c2cccc3[nH]c(-c4n[nH]c5ccc(-c6cncc(NC(=O)CC(C)(C)C)c6)cc45)cc23)c1. The van der Waals surface area contributed by atoms with Gasteiger partial charge in [0.25, 0.3) is 0 Å². The molecule has 4 N–H and O–H groups in total. The maximum absolute atomic E-state index is 14.7. The van der Waals surface area contributed by atoms with E-state index in [-0.39, 0.29) is 17.1 Å². The number of hydrogen-bond donors (Lipinski definition) is 4. The predicted molar refractivity (Wildman–Crippen MR) is 182 cm³/mol. The highest BCUT2D eigenvalue weighted by atomic mass is 19.1. The normalized spacial score (nSPS) is 11.9. The summed E-state index contributed by atoms with van der Waals surface area (Å²) in [5.74, 6) is -0.326. The molecule has 0 fully saturated rings. The second-order valence-corrected chi connectivity index (χ2v) is 13.0. The number of pyridine rings is 1. The molecule has 9 heteroatoms. The third-order valence-electron chi connectivity index (χ3n) is 7.63. The van der Waals surface area contributed by atoms with Crippen LogP contribution in [0.5, 0.6) is 0 Å². The van der Waals surface area contributed by atoms with Crippen LogP contribution in [0.1, 0.15) is 27.2 Å². The molecule has 0 aliphatic heterocycles. The number of hydrogen-bond acceptors (Lipinski definition) is 5. The molecule has 0 unspecified atom stereocenters. The second kappa shape index (κ2) is 12.2. The first-order chi connectivity index (χ1) is 21.5. The van der Waals surface area contributed by atoms with Crippen molar-refractivity contribution in [2.45, 2.75) is 27.2 Å². The molecular formula is C36H38FN7O. The van der Waals surface area contributed by atoms with Crippen LogP contribution in [0, 0.1) is 11.2 Å². The molecule has 230 valence electrons. The van der Waals surface area contributed by atoms with Gasteiger partial charge in [-0.2, -0.15) is 5.10 Å². The highest BCUT2D eigenvalue weighted by molar-refractivity contribution is 6.02. The van der Waals surface area contributed by atoms with Crippen molar-refractivity contribution in [3.05, 3.63) is 84.9 Å². The molecule has 6 aromatic rings. The van der Waals surface area contributed by atoms with Gasteiger partial charge in [-0.05, 0) is 84.7 Å². The van der Waals surface area contributed by atoms with Gasteiger partial charge in [0.05, 0.1) is 23.1 Å². The number of carbonyl (C=O) groups excluding carboxylic acids is 1. The maximum Gasteiger partial charge on any atom is 0.224 e. The molecule has 0 spiro atoms. The van der Waals surface area contributed by atoms with Crippen LogP contribution in [-0.2, 0) is 4.79 Å². The van der Waals surface area contributed by atoms with Crippen LogP contribution in [0.2, 0.25) is 0 Å². The van der Waals surface area contributed by atoms with Crippen LogP contribution in [-0.4, -0.2) is 58.2 Å². The summed E-state index contributed by atoms with van der Waals surface area (Å²) in [6.07, 6.45) is 3.87. The number of anilines is 2. The van der Waals surface area contributed by atoms with Gasteiger partial charge in [0.2, 0.25) is 5.91 Å². The first kappa shape index (κ1) is 30.0. The number of nitrogens with zero attached hydrogens (tertiary/aromatic N) is 3. The number of halogens is 1. The summed E-state index contributed by atoms with van der Waals surface area (Å²) < 4.78 is 14.7. The Morgan fingerprint density at radius 3 is 2.51 bits per heavy atom. The van der Waals surface area contributed by atoms with Crippen molar-refractivity contribution < 1.29 is 9.18 Å². The van der Waals surface area contributed by atoms with Crippen LogP contribution in [0.4, 0.5) is 15.8 Å². The van der Waals surface area contributed by atoms with E-state index in [2.05, 4.69) is 47.8 Å². The lowest BCUT2D eigenvalue weighted by Gasteiger charge is -2.17. The molecule has 0 atom stereocenters. The molecule has 6 rings (SSSR count). The Bertz CT molecular complexity index is 2000. The van der Waals surface area contributed by atoms with Gasteiger partial charge >= 0.3 is 0 Å². The van der Waals surface area contributed by atoms with E-state index in [9.17, 15) is 9.18 Å². The largest absolute Gasteiger partial charge is 0.384 e. The summed E-state index contributed by atoms with van der Waals surface area (Å²) in [6.45, 7) is 7.68. The average molecular weight is 604 g/mol. The highest BCUT2D eigenvalue weighted by Crippen LogP contribution is 2.36. The summed E-state index contributed by atoms with van der Waals surface area (Å²) in [5.41, 5.74) is 8.33. The molecule has 0 radical (unpaired) electrons. The first-order valence-corrected chi connectivity index (χ1v) is 15.1. The van der Waals surface area contributed by atoms with Gasteiger partial charge in [-0.3, -0.25) is 14.9 Å². The number of fused-ring (bicyclic) bond motifs is 2. The number of aromatic nitrogens is 4. The molecule has 3 aromatic heterocycles. The second-order valence-electron chi connectivity index (χ2n) is 13.0. The summed E-state index contributed by atoms with van der Waals surface area (Å²) in [5, 5.41) is 16.1. The molecule has 0 bridgehead atoms. The Balaban J connectivity index is 1.33. The lowest BCUT2D eigenvalue weighted by Crippen LogP contribution is -2.20. The Morgan fingerprint density at radius 1 is 0.889 bits per heavy atom. The van der Waals surface area contributed by atoms with Gasteiger partial charge < -0.3 is 20.5 Å². The fourth-order valence-corrected chi connectivity index (χ4v) is 5.56. The number of rotatable bonds is 9. The number of likely N-dealkylation sites (N-methyl/N-ethyl adjacent to an activating group) is 1. The number of benzene rings is 3. The van der Waals surface area contributed by atoms with Gasteiger partial charge in [0, 0.05) is 53.2 Å². The zero-order valence-electron chi connectivity index (χ0n) is 26.3. The third-order valence-corrected chi connectivity index (χ3v) is 7.63. The molecule has 3 aromatic carbocycles. The van der Waals surface area contributed by atoms with Gasteiger partial charge in [0.1, 0.15) is 11.5 Å². The van der Waals surface area contributed by atoms with Crippen LogP contribution in [0.3, 0.4) is 0 Å². The Hall–Kier alpha value is -5.02. The minimum atomic E-state index is -0.286.